The largest absolute Gasteiger partial charge is 0.399 e. The van der Waals surface area contributed by atoms with Gasteiger partial charge in [0, 0.05) is 27.8 Å². The monoisotopic (exact) mass is 326 g/mol. The molecule has 0 atom stereocenters. The van der Waals surface area contributed by atoms with E-state index in [2.05, 4.69) is 5.32 Å². The molecule has 0 heterocycles. The molecule has 0 fully saturated rings. The molecule has 0 saturated carbocycles. The van der Waals surface area contributed by atoms with E-state index in [-0.39, 0.29) is 17.2 Å². The van der Waals surface area contributed by atoms with E-state index < -0.39 is 5.82 Å². The molecule has 2 aromatic rings. The summed E-state index contributed by atoms with van der Waals surface area (Å²) < 4.78 is 13.2. The van der Waals surface area contributed by atoms with Gasteiger partial charge in [-0.05, 0) is 42.3 Å². The van der Waals surface area contributed by atoms with E-state index in [0.29, 0.717) is 23.0 Å². The molecule has 0 spiro atoms. The number of carbonyl (C=O) groups excluding carboxylic acids is 1. The lowest BCUT2D eigenvalue weighted by Gasteiger charge is -2.08. The lowest BCUT2D eigenvalue weighted by molar-refractivity contribution is 0.0953. The predicted octanol–water partition coefficient (Wildman–Crippen LogP) is 3.69. The molecular weight excluding hydrogens is 314 g/mol. The minimum atomic E-state index is -0.541. The van der Waals surface area contributed by atoms with Crippen LogP contribution in [0.25, 0.3) is 0 Å². The van der Waals surface area contributed by atoms with Gasteiger partial charge in [-0.2, -0.15) is 0 Å². The molecule has 6 heteroatoms. The van der Waals surface area contributed by atoms with E-state index in [4.69, 9.17) is 28.9 Å². The zero-order valence-electron chi connectivity index (χ0n) is 11.0. The molecule has 0 unspecified atom stereocenters. The first-order valence-corrected chi connectivity index (χ1v) is 6.99. The van der Waals surface area contributed by atoms with E-state index in [1.165, 1.54) is 6.07 Å². The number of carbonyl (C=O) groups is 1. The Hall–Kier alpha value is -1.78. The van der Waals surface area contributed by atoms with Gasteiger partial charge in [0.05, 0.1) is 0 Å². The fraction of sp³-hybridized carbons (Fsp3) is 0.133. The summed E-state index contributed by atoms with van der Waals surface area (Å²) >= 11 is 11.8. The smallest absolute Gasteiger partial charge is 0.251 e. The van der Waals surface area contributed by atoms with Crippen molar-refractivity contribution in [1.29, 1.82) is 0 Å². The lowest BCUT2D eigenvalue weighted by atomic mass is 10.1. The van der Waals surface area contributed by atoms with Crippen molar-refractivity contribution in [2.45, 2.75) is 6.42 Å². The average Bonchev–Trinajstić information content (AvgIpc) is 2.40. The van der Waals surface area contributed by atoms with Crippen LogP contribution in [0.5, 0.6) is 0 Å². The molecule has 0 aromatic heterocycles. The van der Waals surface area contributed by atoms with Gasteiger partial charge in [0.15, 0.2) is 0 Å². The Balaban J connectivity index is 1.95. The second-order valence-corrected chi connectivity index (χ2v) is 5.36. The third-order valence-corrected chi connectivity index (χ3v) is 3.46. The highest BCUT2D eigenvalue weighted by molar-refractivity contribution is 6.35. The molecule has 3 N–H and O–H groups in total. The van der Waals surface area contributed by atoms with Crippen LogP contribution in [-0.2, 0) is 6.42 Å². The van der Waals surface area contributed by atoms with Gasteiger partial charge in [-0.15, -0.1) is 0 Å². The zero-order valence-corrected chi connectivity index (χ0v) is 12.5. The van der Waals surface area contributed by atoms with E-state index in [9.17, 15) is 9.18 Å². The zero-order chi connectivity index (χ0) is 15.4. The molecule has 0 saturated heterocycles. The third-order valence-electron chi connectivity index (χ3n) is 2.88. The van der Waals surface area contributed by atoms with Crippen molar-refractivity contribution < 1.29 is 9.18 Å². The van der Waals surface area contributed by atoms with Gasteiger partial charge in [-0.3, -0.25) is 4.79 Å². The van der Waals surface area contributed by atoms with Crippen molar-refractivity contribution in [3.8, 4) is 0 Å². The Labute approximate surface area is 131 Å². The normalized spacial score (nSPS) is 10.4. The summed E-state index contributed by atoms with van der Waals surface area (Å²) in [7, 11) is 0. The van der Waals surface area contributed by atoms with Gasteiger partial charge in [-0.1, -0.05) is 29.3 Å². The molecule has 110 valence electrons. The highest BCUT2D eigenvalue weighted by atomic mass is 35.5. The predicted molar refractivity (Wildman–Crippen MR) is 83.3 cm³/mol. The number of halogens is 3. The van der Waals surface area contributed by atoms with Crippen molar-refractivity contribution >= 4 is 34.8 Å². The van der Waals surface area contributed by atoms with E-state index in [1.54, 1.807) is 18.2 Å². The van der Waals surface area contributed by atoms with Gasteiger partial charge >= 0.3 is 0 Å². The Bertz CT molecular complexity index is 656. The first-order chi connectivity index (χ1) is 9.95. The van der Waals surface area contributed by atoms with Crippen molar-refractivity contribution in [2.75, 3.05) is 12.3 Å². The maximum atomic E-state index is 13.2. The fourth-order valence-corrected chi connectivity index (χ4v) is 2.38. The van der Waals surface area contributed by atoms with Crippen LogP contribution in [0.4, 0.5) is 10.1 Å². The Morgan fingerprint density at radius 2 is 1.95 bits per heavy atom. The molecule has 1 amide bonds. The first kappa shape index (κ1) is 15.6. The quantitative estimate of drug-likeness (QED) is 0.842. The molecule has 2 rings (SSSR count). The molecule has 3 nitrogen and oxygen atoms in total. The average molecular weight is 327 g/mol. The second kappa shape index (κ2) is 6.78. The van der Waals surface area contributed by atoms with Crippen LogP contribution in [-0.4, -0.2) is 12.5 Å². The van der Waals surface area contributed by atoms with Crippen LogP contribution < -0.4 is 11.1 Å². The summed E-state index contributed by atoms with van der Waals surface area (Å²) in [5, 5.41) is 3.80. The fourth-order valence-electron chi connectivity index (χ4n) is 1.88. The summed E-state index contributed by atoms with van der Waals surface area (Å²) in [6.45, 7) is 0.372. The molecule has 0 aliphatic heterocycles. The summed E-state index contributed by atoms with van der Waals surface area (Å²) in [4.78, 5) is 11.9. The first-order valence-electron chi connectivity index (χ1n) is 6.24. The Morgan fingerprint density at radius 1 is 1.19 bits per heavy atom. The number of nitrogens with two attached hydrogens (primary N) is 1. The summed E-state index contributed by atoms with van der Waals surface area (Å²) in [6, 6.07) is 8.90. The van der Waals surface area contributed by atoms with Crippen LogP contribution in [0.15, 0.2) is 36.4 Å². The molecule has 0 aliphatic rings. The molecular formula is C15H13Cl2FN2O. The Morgan fingerprint density at radius 3 is 2.62 bits per heavy atom. The number of rotatable bonds is 4. The van der Waals surface area contributed by atoms with Crippen LogP contribution in [0.3, 0.4) is 0 Å². The lowest BCUT2D eigenvalue weighted by Crippen LogP contribution is -2.26. The summed E-state index contributed by atoms with van der Waals surface area (Å²) in [5.41, 5.74) is 6.77. The number of amides is 1. The van der Waals surface area contributed by atoms with E-state index in [1.807, 2.05) is 0 Å². The van der Waals surface area contributed by atoms with Gasteiger partial charge in [0.1, 0.15) is 5.82 Å². The number of nitrogens with one attached hydrogen (secondary N) is 1. The number of anilines is 1. The summed E-state index contributed by atoms with van der Waals surface area (Å²) in [6.07, 6.45) is 0.548. The van der Waals surface area contributed by atoms with E-state index in [0.717, 1.165) is 17.7 Å². The molecule has 0 aliphatic carbocycles. The van der Waals surface area contributed by atoms with Crippen LogP contribution in [0, 0.1) is 5.82 Å². The molecule has 2 aromatic carbocycles. The Kier molecular flexibility index (Phi) is 5.04. The van der Waals surface area contributed by atoms with Crippen molar-refractivity contribution in [3.63, 3.8) is 0 Å². The minimum absolute atomic E-state index is 0.190. The van der Waals surface area contributed by atoms with Crippen molar-refractivity contribution in [2.24, 2.45) is 0 Å². The number of hydrogen-bond donors (Lipinski definition) is 2. The summed E-state index contributed by atoms with van der Waals surface area (Å²) in [5.74, 6) is -0.924. The SMILES string of the molecule is Nc1cc(F)cc(C(=O)NCCc2ccc(Cl)cc2Cl)c1. The van der Waals surface area contributed by atoms with Gasteiger partial charge in [-0.25, -0.2) is 4.39 Å². The number of nitrogen functional groups attached to an aromatic ring is 1. The minimum Gasteiger partial charge on any atom is -0.399 e. The van der Waals surface area contributed by atoms with Gasteiger partial charge in [0.2, 0.25) is 0 Å². The van der Waals surface area contributed by atoms with Crippen LogP contribution in [0.2, 0.25) is 10.0 Å². The molecule has 0 radical (unpaired) electrons. The second-order valence-electron chi connectivity index (χ2n) is 4.51. The maximum absolute atomic E-state index is 13.2. The number of benzene rings is 2. The van der Waals surface area contributed by atoms with Gasteiger partial charge in [0.25, 0.3) is 5.91 Å². The highest BCUT2D eigenvalue weighted by Gasteiger charge is 2.08. The molecule has 21 heavy (non-hydrogen) atoms. The third kappa shape index (κ3) is 4.34. The van der Waals surface area contributed by atoms with Crippen molar-refractivity contribution in [3.05, 3.63) is 63.4 Å². The topological polar surface area (TPSA) is 55.1 Å². The van der Waals surface area contributed by atoms with Crippen LogP contribution >= 0.6 is 23.2 Å². The highest BCUT2D eigenvalue weighted by Crippen LogP contribution is 2.21. The van der Waals surface area contributed by atoms with E-state index >= 15 is 0 Å². The molecule has 0 bridgehead atoms. The van der Waals surface area contributed by atoms with Gasteiger partial charge < -0.3 is 11.1 Å². The van der Waals surface area contributed by atoms with Crippen molar-refractivity contribution in [1.82, 2.24) is 5.32 Å². The van der Waals surface area contributed by atoms with Crippen LogP contribution in [0.1, 0.15) is 15.9 Å². The maximum Gasteiger partial charge on any atom is 0.251 e. The number of hydrogen-bond acceptors (Lipinski definition) is 2. The standard InChI is InChI=1S/C15H13Cl2FN2O/c16-11-2-1-9(14(17)7-11)3-4-20-15(21)10-5-12(18)8-13(19)6-10/h1-2,5-8H,3-4,19H2,(H,20,21).